The van der Waals surface area contributed by atoms with Crippen LogP contribution in [0.5, 0.6) is 0 Å². The van der Waals surface area contributed by atoms with Crippen molar-refractivity contribution in [1.82, 2.24) is 9.55 Å². The maximum absolute atomic E-state index is 4.83. The van der Waals surface area contributed by atoms with Gasteiger partial charge < -0.3 is 4.57 Å². The van der Waals surface area contributed by atoms with Crippen molar-refractivity contribution in [3.05, 3.63) is 120 Å². The lowest BCUT2D eigenvalue weighted by atomic mass is 9.97. The van der Waals surface area contributed by atoms with Crippen molar-refractivity contribution in [3.8, 4) is 11.3 Å². The zero-order valence-corrected chi connectivity index (χ0v) is 18.0. The van der Waals surface area contributed by atoms with Crippen LogP contribution in [0.15, 0.2) is 103 Å². The van der Waals surface area contributed by atoms with Gasteiger partial charge in [0.15, 0.2) is 5.49 Å². The summed E-state index contributed by atoms with van der Waals surface area (Å²) in [5.41, 5.74) is 8.43. The topological polar surface area (TPSA) is 30.2 Å². The Morgan fingerprint density at radius 1 is 1.06 bits per heavy atom. The first-order chi connectivity index (χ1) is 15.1. The molecule has 2 aromatic carbocycles. The minimum absolute atomic E-state index is 0.833. The molecule has 0 radical (unpaired) electrons. The Hall–Kier alpha value is -3.72. The van der Waals surface area contributed by atoms with Gasteiger partial charge in [-0.2, -0.15) is 0 Å². The van der Waals surface area contributed by atoms with E-state index in [4.69, 9.17) is 4.99 Å². The van der Waals surface area contributed by atoms with E-state index >= 15 is 0 Å². The van der Waals surface area contributed by atoms with Crippen LogP contribution in [-0.2, 0) is 13.5 Å². The predicted octanol–water partition coefficient (Wildman–Crippen LogP) is 6.12. The number of rotatable bonds is 6. The highest BCUT2D eigenvalue weighted by molar-refractivity contribution is 5.81. The molecule has 1 aliphatic carbocycles. The van der Waals surface area contributed by atoms with Crippen LogP contribution >= 0.6 is 0 Å². The van der Waals surface area contributed by atoms with Crippen LogP contribution in [0.4, 0.5) is 0 Å². The van der Waals surface area contributed by atoms with E-state index in [0.717, 1.165) is 47.3 Å². The maximum atomic E-state index is 4.83. The van der Waals surface area contributed by atoms with Gasteiger partial charge in [0.1, 0.15) is 5.69 Å². The average molecular weight is 406 g/mol. The van der Waals surface area contributed by atoms with Gasteiger partial charge in [-0.3, -0.25) is 4.98 Å². The lowest BCUT2D eigenvalue weighted by Crippen LogP contribution is -2.21. The second kappa shape index (κ2) is 9.40. The number of hydrogen-bond acceptors (Lipinski definition) is 2. The SMILES string of the molecule is C=C(CCCc1ccc2c(c1)C=CC=CC2=C)N=c1c(-c2ccccc2)nccn1C. The molecule has 0 atom stereocenters. The number of hydrogen-bond donors (Lipinski definition) is 0. The molecule has 3 heteroatoms. The standard InChI is InChI=1S/C28H27N3/c1-21-10-7-8-15-25-20-23(16-17-26(21)25)12-9-11-22(2)30-28-27(29-18-19-31(28)3)24-13-5-4-6-14-24/h4-8,10,13-20H,1-2,9,11-12H2,3H3. The van der Waals surface area contributed by atoms with Gasteiger partial charge in [-0.25, -0.2) is 4.99 Å². The quantitative estimate of drug-likeness (QED) is 0.486. The van der Waals surface area contributed by atoms with Gasteiger partial charge in [-0.15, -0.1) is 0 Å². The zero-order valence-electron chi connectivity index (χ0n) is 18.0. The molecule has 0 N–H and O–H groups in total. The van der Waals surface area contributed by atoms with E-state index in [-0.39, 0.29) is 0 Å². The molecule has 1 aromatic heterocycles. The lowest BCUT2D eigenvalue weighted by Gasteiger charge is -2.09. The number of nitrogens with zero attached hydrogens (tertiary/aromatic N) is 3. The Kier molecular flexibility index (Phi) is 6.23. The van der Waals surface area contributed by atoms with Crippen LogP contribution in [0, 0.1) is 0 Å². The minimum atomic E-state index is 0.833. The fourth-order valence-corrected chi connectivity index (χ4v) is 3.76. The Morgan fingerprint density at radius 3 is 2.71 bits per heavy atom. The molecule has 0 spiro atoms. The lowest BCUT2D eigenvalue weighted by molar-refractivity contribution is 0.771. The second-order valence-corrected chi connectivity index (χ2v) is 7.77. The van der Waals surface area contributed by atoms with Crippen LogP contribution in [-0.4, -0.2) is 9.55 Å². The normalized spacial score (nSPS) is 13.2. The molecule has 3 nitrogen and oxygen atoms in total. The van der Waals surface area contributed by atoms with Crippen LogP contribution < -0.4 is 5.49 Å². The first-order valence-corrected chi connectivity index (χ1v) is 10.6. The predicted molar refractivity (Wildman–Crippen MR) is 130 cm³/mol. The third-order valence-corrected chi connectivity index (χ3v) is 5.43. The highest BCUT2D eigenvalue weighted by Crippen LogP contribution is 2.25. The monoisotopic (exact) mass is 405 g/mol. The van der Waals surface area contributed by atoms with E-state index in [0.29, 0.717) is 0 Å². The molecule has 0 aliphatic heterocycles. The molecule has 0 saturated heterocycles. The smallest absolute Gasteiger partial charge is 0.159 e. The van der Waals surface area contributed by atoms with Crippen molar-refractivity contribution in [2.24, 2.45) is 12.0 Å². The molecule has 0 amide bonds. The van der Waals surface area contributed by atoms with Gasteiger partial charge in [0.05, 0.1) is 0 Å². The van der Waals surface area contributed by atoms with Gasteiger partial charge in [0.25, 0.3) is 0 Å². The molecule has 0 fully saturated rings. The molecule has 154 valence electrons. The summed E-state index contributed by atoms with van der Waals surface area (Å²) in [4.78, 5) is 9.40. The average Bonchev–Trinajstić information content (AvgIpc) is 2.97. The van der Waals surface area contributed by atoms with Gasteiger partial charge in [0.2, 0.25) is 0 Å². The summed E-state index contributed by atoms with van der Waals surface area (Å²) in [5.74, 6) is 0. The number of aryl methyl sites for hydroxylation is 2. The molecular weight excluding hydrogens is 378 g/mol. The number of aromatic nitrogens is 2. The van der Waals surface area contributed by atoms with E-state index in [1.54, 1.807) is 6.20 Å². The fraction of sp³-hybridized carbons (Fsp3) is 0.143. The van der Waals surface area contributed by atoms with Crippen molar-refractivity contribution >= 4 is 11.6 Å². The fourth-order valence-electron chi connectivity index (χ4n) is 3.76. The molecule has 0 saturated carbocycles. The largest absolute Gasteiger partial charge is 0.333 e. The summed E-state index contributed by atoms with van der Waals surface area (Å²) in [6, 6.07) is 16.8. The highest BCUT2D eigenvalue weighted by atomic mass is 15.0. The van der Waals surface area contributed by atoms with E-state index in [2.05, 4.69) is 66.7 Å². The van der Waals surface area contributed by atoms with Crippen molar-refractivity contribution in [2.75, 3.05) is 0 Å². The van der Waals surface area contributed by atoms with Crippen LogP contribution in [0.3, 0.4) is 0 Å². The summed E-state index contributed by atoms with van der Waals surface area (Å²) < 4.78 is 2.00. The van der Waals surface area contributed by atoms with Crippen molar-refractivity contribution in [3.63, 3.8) is 0 Å². The first kappa shape index (κ1) is 20.5. The summed E-state index contributed by atoms with van der Waals surface area (Å²) >= 11 is 0. The minimum Gasteiger partial charge on any atom is -0.333 e. The Labute approximate surface area is 184 Å². The molecule has 31 heavy (non-hydrogen) atoms. The summed E-state index contributed by atoms with van der Waals surface area (Å²) in [6.45, 7) is 8.36. The Morgan fingerprint density at radius 2 is 1.87 bits per heavy atom. The molecule has 1 aliphatic rings. The number of fused-ring (bicyclic) bond motifs is 1. The first-order valence-electron chi connectivity index (χ1n) is 10.6. The van der Waals surface area contributed by atoms with Crippen molar-refractivity contribution in [1.29, 1.82) is 0 Å². The number of benzene rings is 2. The molecule has 3 aromatic rings. The van der Waals surface area contributed by atoms with Gasteiger partial charge in [-0.1, -0.05) is 86.0 Å². The van der Waals surface area contributed by atoms with Crippen LogP contribution in [0.2, 0.25) is 0 Å². The van der Waals surface area contributed by atoms with E-state index in [9.17, 15) is 0 Å². The maximum Gasteiger partial charge on any atom is 0.159 e. The van der Waals surface area contributed by atoms with E-state index in [1.165, 1.54) is 16.7 Å². The summed E-state index contributed by atoms with van der Waals surface area (Å²) in [7, 11) is 1.99. The van der Waals surface area contributed by atoms with Crippen LogP contribution in [0.1, 0.15) is 29.5 Å². The third kappa shape index (κ3) is 4.89. The molecule has 1 heterocycles. The van der Waals surface area contributed by atoms with Gasteiger partial charge in [-0.05, 0) is 41.5 Å². The third-order valence-electron chi connectivity index (χ3n) is 5.43. The van der Waals surface area contributed by atoms with Crippen molar-refractivity contribution in [2.45, 2.75) is 19.3 Å². The van der Waals surface area contributed by atoms with Crippen LogP contribution in [0.25, 0.3) is 22.9 Å². The van der Waals surface area contributed by atoms with E-state index < -0.39 is 0 Å². The van der Waals surface area contributed by atoms with E-state index in [1.807, 2.05) is 42.1 Å². The molecule has 0 bridgehead atoms. The summed E-state index contributed by atoms with van der Waals surface area (Å²) in [5, 5.41) is 0. The zero-order chi connectivity index (χ0) is 21.6. The Balaban J connectivity index is 1.47. The summed E-state index contributed by atoms with van der Waals surface area (Å²) in [6.07, 6.45) is 14.9. The highest BCUT2D eigenvalue weighted by Gasteiger charge is 2.07. The van der Waals surface area contributed by atoms with Gasteiger partial charge in [0, 0.05) is 30.7 Å². The molecular formula is C28H27N3. The number of allylic oxidation sites excluding steroid dienone is 5. The van der Waals surface area contributed by atoms with Crippen molar-refractivity contribution < 1.29 is 0 Å². The second-order valence-electron chi connectivity index (χ2n) is 7.77. The Bertz CT molecular complexity index is 1240. The molecule has 4 rings (SSSR count). The van der Waals surface area contributed by atoms with Gasteiger partial charge >= 0.3 is 0 Å². The molecule has 0 unspecified atom stereocenters.